The molecule has 0 aliphatic carbocycles. The standard InChI is InChI=1S/C26H34N4O4/c1-20(2)21-9-11-22(12-10-21)27-26(32)29(14-16-33-4)19-25(31)30(18-24-8-6-15-34-24)17-23-7-5-13-28(23)3/h5-13,15,20H,14,16-19H2,1-4H3,(H,27,32). The van der Waals surface area contributed by atoms with E-state index < -0.39 is 0 Å². The Balaban J connectivity index is 1.72. The zero-order chi connectivity index (χ0) is 24.5. The summed E-state index contributed by atoms with van der Waals surface area (Å²) in [7, 11) is 3.51. The van der Waals surface area contributed by atoms with Crippen LogP contribution >= 0.6 is 0 Å². The van der Waals surface area contributed by atoms with Crippen LogP contribution in [0.4, 0.5) is 10.5 Å². The molecule has 3 rings (SSSR count). The number of urea groups is 1. The molecule has 3 amide bonds. The maximum absolute atomic E-state index is 13.4. The van der Waals surface area contributed by atoms with Crippen LogP contribution in [0.5, 0.6) is 0 Å². The number of ether oxygens (including phenoxy) is 1. The quantitative estimate of drug-likeness (QED) is 0.453. The Bertz CT molecular complexity index is 1040. The lowest BCUT2D eigenvalue weighted by Gasteiger charge is -2.27. The van der Waals surface area contributed by atoms with Crippen molar-refractivity contribution >= 4 is 17.6 Å². The Labute approximate surface area is 201 Å². The normalized spacial score (nSPS) is 11.0. The van der Waals surface area contributed by atoms with Crippen LogP contribution in [-0.4, -0.2) is 53.1 Å². The first-order valence-corrected chi connectivity index (χ1v) is 11.4. The van der Waals surface area contributed by atoms with Gasteiger partial charge in [-0.3, -0.25) is 4.79 Å². The summed E-state index contributed by atoms with van der Waals surface area (Å²) >= 11 is 0. The molecule has 34 heavy (non-hydrogen) atoms. The molecule has 0 saturated heterocycles. The van der Waals surface area contributed by atoms with Gasteiger partial charge >= 0.3 is 6.03 Å². The first kappa shape index (κ1) is 25.1. The molecular formula is C26H34N4O4. The van der Waals surface area contributed by atoms with E-state index in [-0.39, 0.29) is 25.0 Å². The lowest BCUT2D eigenvalue weighted by Crippen LogP contribution is -2.45. The first-order chi connectivity index (χ1) is 16.4. The molecule has 8 heteroatoms. The van der Waals surface area contributed by atoms with Crippen LogP contribution in [-0.2, 0) is 29.7 Å². The number of rotatable bonds is 11. The monoisotopic (exact) mass is 466 g/mol. The molecule has 0 unspecified atom stereocenters. The third-order valence-corrected chi connectivity index (χ3v) is 5.69. The van der Waals surface area contributed by atoms with E-state index >= 15 is 0 Å². The topological polar surface area (TPSA) is 80.0 Å². The average Bonchev–Trinajstić information content (AvgIpc) is 3.48. The van der Waals surface area contributed by atoms with E-state index in [1.54, 1.807) is 24.3 Å². The van der Waals surface area contributed by atoms with Crippen LogP contribution < -0.4 is 5.32 Å². The molecule has 0 fully saturated rings. The largest absolute Gasteiger partial charge is 0.467 e. The number of hydrogen-bond donors (Lipinski definition) is 1. The molecule has 8 nitrogen and oxygen atoms in total. The molecule has 0 aliphatic rings. The van der Waals surface area contributed by atoms with Gasteiger partial charge in [-0.2, -0.15) is 0 Å². The second kappa shape index (κ2) is 12.1. The highest BCUT2D eigenvalue weighted by Gasteiger charge is 2.23. The van der Waals surface area contributed by atoms with Crippen LogP contribution in [0.2, 0.25) is 0 Å². The number of hydrogen-bond acceptors (Lipinski definition) is 4. The molecule has 2 heterocycles. The van der Waals surface area contributed by atoms with E-state index in [4.69, 9.17) is 9.15 Å². The maximum Gasteiger partial charge on any atom is 0.322 e. The van der Waals surface area contributed by atoms with Gasteiger partial charge in [0.05, 0.1) is 26.0 Å². The summed E-state index contributed by atoms with van der Waals surface area (Å²) in [6.07, 6.45) is 3.52. The second-order valence-corrected chi connectivity index (χ2v) is 8.56. The van der Waals surface area contributed by atoms with Crippen molar-refractivity contribution in [2.24, 2.45) is 7.05 Å². The number of nitrogens with one attached hydrogen (secondary N) is 1. The van der Waals surface area contributed by atoms with Crippen molar-refractivity contribution in [3.63, 3.8) is 0 Å². The second-order valence-electron chi connectivity index (χ2n) is 8.56. The van der Waals surface area contributed by atoms with E-state index in [1.807, 2.05) is 60.3 Å². The van der Waals surface area contributed by atoms with Crippen molar-refractivity contribution in [1.29, 1.82) is 0 Å². The summed E-state index contributed by atoms with van der Waals surface area (Å²) in [6.45, 7) is 5.49. The molecule has 0 spiro atoms. The number of methoxy groups -OCH3 is 1. The van der Waals surface area contributed by atoms with E-state index in [0.29, 0.717) is 37.1 Å². The van der Waals surface area contributed by atoms with Crippen LogP contribution in [0, 0.1) is 0 Å². The highest BCUT2D eigenvalue weighted by atomic mass is 16.5. The van der Waals surface area contributed by atoms with Crippen LogP contribution in [0.15, 0.2) is 65.4 Å². The Kier molecular flexibility index (Phi) is 8.93. The minimum Gasteiger partial charge on any atom is -0.467 e. The van der Waals surface area contributed by atoms with Gasteiger partial charge in [-0.1, -0.05) is 26.0 Å². The number of nitrogens with zero attached hydrogens (tertiary/aromatic N) is 3. The van der Waals surface area contributed by atoms with Gasteiger partial charge in [-0.05, 0) is 47.9 Å². The number of amides is 3. The maximum atomic E-state index is 13.4. The Hall–Kier alpha value is -3.52. The van der Waals surface area contributed by atoms with Gasteiger partial charge in [0.2, 0.25) is 5.91 Å². The molecule has 0 bridgehead atoms. The van der Waals surface area contributed by atoms with Crippen molar-refractivity contribution in [3.8, 4) is 0 Å². The first-order valence-electron chi connectivity index (χ1n) is 11.4. The minimum atomic E-state index is -0.348. The fraction of sp³-hybridized carbons (Fsp3) is 0.385. The fourth-order valence-electron chi connectivity index (χ4n) is 3.55. The van der Waals surface area contributed by atoms with E-state index in [1.165, 1.54) is 10.5 Å². The van der Waals surface area contributed by atoms with Gasteiger partial charge in [0.15, 0.2) is 0 Å². The predicted molar refractivity (Wildman–Crippen MR) is 131 cm³/mol. The minimum absolute atomic E-state index is 0.0790. The number of anilines is 1. The van der Waals surface area contributed by atoms with Crippen molar-refractivity contribution < 1.29 is 18.7 Å². The van der Waals surface area contributed by atoms with E-state index in [0.717, 1.165) is 5.69 Å². The number of furan rings is 1. The Morgan fingerprint density at radius 1 is 1.06 bits per heavy atom. The van der Waals surface area contributed by atoms with Crippen LogP contribution in [0.1, 0.15) is 36.8 Å². The summed E-state index contributed by atoms with van der Waals surface area (Å²) < 4.78 is 12.6. The summed E-state index contributed by atoms with van der Waals surface area (Å²) in [4.78, 5) is 29.6. The van der Waals surface area contributed by atoms with E-state index in [2.05, 4.69) is 19.2 Å². The third-order valence-electron chi connectivity index (χ3n) is 5.69. The smallest absolute Gasteiger partial charge is 0.322 e. The van der Waals surface area contributed by atoms with Gasteiger partial charge in [0.1, 0.15) is 12.3 Å². The molecule has 2 aromatic heterocycles. The van der Waals surface area contributed by atoms with Crippen molar-refractivity contribution in [2.75, 3.05) is 32.1 Å². The highest BCUT2D eigenvalue weighted by molar-refractivity contribution is 5.92. The average molecular weight is 467 g/mol. The van der Waals surface area contributed by atoms with Gasteiger partial charge in [0.25, 0.3) is 0 Å². The molecule has 1 aromatic carbocycles. The molecule has 182 valence electrons. The zero-order valence-corrected chi connectivity index (χ0v) is 20.4. The van der Waals surface area contributed by atoms with E-state index in [9.17, 15) is 9.59 Å². The molecule has 3 aromatic rings. The summed E-state index contributed by atoms with van der Waals surface area (Å²) in [5.74, 6) is 0.907. The SMILES string of the molecule is COCCN(CC(=O)N(Cc1ccco1)Cc1cccn1C)C(=O)Nc1ccc(C(C)C)cc1. The molecule has 1 N–H and O–H groups in total. The number of carbonyl (C=O) groups is 2. The Morgan fingerprint density at radius 2 is 1.82 bits per heavy atom. The highest BCUT2D eigenvalue weighted by Crippen LogP contribution is 2.18. The number of aromatic nitrogens is 1. The summed E-state index contributed by atoms with van der Waals surface area (Å²) in [5, 5.41) is 2.90. The fourth-order valence-corrected chi connectivity index (χ4v) is 3.55. The van der Waals surface area contributed by atoms with Gasteiger partial charge in [-0.15, -0.1) is 0 Å². The predicted octanol–water partition coefficient (Wildman–Crippen LogP) is 4.45. The van der Waals surface area contributed by atoms with Gasteiger partial charge in [-0.25, -0.2) is 4.79 Å². The number of carbonyl (C=O) groups excluding carboxylic acids is 2. The lowest BCUT2D eigenvalue weighted by atomic mass is 10.0. The molecule has 0 saturated carbocycles. The third kappa shape index (κ3) is 6.99. The summed E-state index contributed by atoms with van der Waals surface area (Å²) in [6, 6.07) is 14.9. The van der Waals surface area contributed by atoms with Crippen molar-refractivity contribution in [2.45, 2.75) is 32.9 Å². The van der Waals surface area contributed by atoms with Gasteiger partial charge in [0, 0.05) is 38.3 Å². The van der Waals surface area contributed by atoms with Crippen LogP contribution in [0.25, 0.3) is 0 Å². The zero-order valence-electron chi connectivity index (χ0n) is 20.4. The number of aryl methyl sites for hydroxylation is 1. The van der Waals surface area contributed by atoms with Crippen molar-refractivity contribution in [3.05, 3.63) is 78.0 Å². The molecule has 0 atom stereocenters. The number of benzene rings is 1. The van der Waals surface area contributed by atoms with Crippen molar-refractivity contribution in [1.82, 2.24) is 14.4 Å². The van der Waals surface area contributed by atoms with Gasteiger partial charge < -0.3 is 28.8 Å². The molecule has 0 aliphatic heterocycles. The lowest BCUT2D eigenvalue weighted by molar-refractivity contribution is -0.133. The molecular weight excluding hydrogens is 432 g/mol. The summed E-state index contributed by atoms with van der Waals surface area (Å²) in [5.41, 5.74) is 2.86. The Morgan fingerprint density at radius 3 is 2.41 bits per heavy atom. The molecule has 0 radical (unpaired) electrons. The van der Waals surface area contributed by atoms with Crippen LogP contribution in [0.3, 0.4) is 0 Å².